The van der Waals surface area contributed by atoms with Crippen molar-refractivity contribution in [3.63, 3.8) is 0 Å². The van der Waals surface area contributed by atoms with Crippen molar-refractivity contribution >= 4 is 42.4 Å². The summed E-state index contributed by atoms with van der Waals surface area (Å²) >= 11 is 1.48. The molecule has 1 heterocycles. The molecule has 0 aliphatic carbocycles. The fourth-order valence-corrected chi connectivity index (χ4v) is 5.59. The maximum Gasteiger partial charge on any atom is 0.260 e. The minimum absolute atomic E-state index is 0.217. The van der Waals surface area contributed by atoms with Crippen molar-refractivity contribution in [3.05, 3.63) is 89.0 Å². The summed E-state index contributed by atoms with van der Waals surface area (Å²) in [5, 5.41) is 0.0889. The first-order chi connectivity index (χ1) is 15.7. The second kappa shape index (κ2) is 9.08. The Kier molecular flexibility index (Phi) is 6.36. The molecule has 1 amide bonds. The monoisotopic (exact) mass is 478 g/mol. The number of carbonyl (C=O) groups is 1. The molecule has 0 fully saturated rings. The second-order valence-corrected chi connectivity index (χ2v) is 11.9. The van der Waals surface area contributed by atoms with E-state index in [0.29, 0.717) is 17.2 Å². The van der Waals surface area contributed by atoms with E-state index in [1.54, 1.807) is 30.9 Å². The minimum atomic E-state index is -3.40. The average Bonchev–Trinajstić information content (AvgIpc) is 3.20. The largest absolute Gasteiger partial charge is 0.279 e. The van der Waals surface area contributed by atoms with Crippen LogP contribution in [0.5, 0.6) is 0 Å². The van der Waals surface area contributed by atoms with Gasteiger partial charge < -0.3 is 0 Å². The first-order valence-corrected chi connectivity index (χ1v) is 13.1. The van der Waals surface area contributed by atoms with E-state index in [1.807, 2.05) is 43.3 Å². The number of anilines is 1. The highest BCUT2D eigenvalue weighted by atomic mass is 32.2. The number of amides is 1. The number of aryl methyl sites for hydroxylation is 2. The molecule has 7 heteroatoms. The maximum absolute atomic E-state index is 13.6. The number of rotatable bonds is 6. The number of hydrogen-bond donors (Lipinski definition) is 0. The van der Waals surface area contributed by atoms with Crippen LogP contribution in [0.2, 0.25) is 0 Å². The van der Waals surface area contributed by atoms with E-state index in [1.165, 1.54) is 29.0 Å². The highest BCUT2D eigenvalue weighted by Gasteiger charge is 2.24. The summed E-state index contributed by atoms with van der Waals surface area (Å²) in [7, 11) is -3.40. The number of benzene rings is 3. The van der Waals surface area contributed by atoms with Crippen LogP contribution in [0.25, 0.3) is 10.2 Å². The molecule has 0 N–H and O–H groups in total. The molecule has 1 aromatic heterocycles. The summed E-state index contributed by atoms with van der Waals surface area (Å²) < 4.78 is 25.9. The second-order valence-electron chi connectivity index (χ2n) is 8.40. The first-order valence-electron chi connectivity index (χ1n) is 10.7. The number of fused-ring (bicyclic) bond motifs is 1. The average molecular weight is 479 g/mol. The number of aromatic nitrogens is 1. The number of nitrogens with zero attached hydrogens (tertiary/aromatic N) is 2. The van der Waals surface area contributed by atoms with Crippen molar-refractivity contribution in [3.8, 4) is 0 Å². The van der Waals surface area contributed by atoms with E-state index in [2.05, 4.69) is 13.0 Å². The van der Waals surface area contributed by atoms with Crippen molar-refractivity contribution in [2.45, 2.75) is 44.4 Å². The summed E-state index contributed by atoms with van der Waals surface area (Å²) in [5.41, 5.74) is 4.60. The van der Waals surface area contributed by atoms with Gasteiger partial charge in [0.2, 0.25) is 0 Å². The lowest BCUT2D eigenvalue weighted by Crippen LogP contribution is -2.30. The van der Waals surface area contributed by atoms with E-state index in [0.717, 1.165) is 21.3 Å². The molecule has 0 aliphatic heterocycles. The molecule has 0 saturated carbocycles. The van der Waals surface area contributed by atoms with Crippen molar-refractivity contribution in [1.82, 2.24) is 4.98 Å². The van der Waals surface area contributed by atoms with Crippen molar-refractivity contribution < 1.29 is 13.2 Å². The number of carbonyl (C=O) groups excluding carboxylic acids is 1. The third kappa shape index (κ3) is 4.70. The number of hydrogen-bond acceptors (Lipinski definition) is 5. The smallest absolute Gasteiger partial charge is 0.260 e. The standard InChI is InChI=1S/C26H26N2O3S2/c1-17(2)33(30,31)22-12-10-21(11-13-22)25(29)28(16-20-8-6-5-7-9-20)26-27-23-14-18(3)19(4)15-24(23)32-26/h5-15,17H,16H2,1-4H3. The summed E-state index contributed by atoms with van der Waals surface area (Å²) in [4.78, 5) is 20.2. The SMILES string of the molecule is Cc1cc2nc(N(Cc3ccccc3)C(=O)c3ccc(S(=O)(=O)C(C)C)cc3)sc2cc1C. The quantitative estimate of drug-likeness (QED) is 0.344. The van der Waals surface area contributed by atoms with E-state index in [4.69, 9.17) is 4.98 Å². The lowest BCUT2D eigenvalue weighted by molar-refractivity contribution is 0.0985. The van der Waals surface area contributed by atoms with Crippen molar-refractivity contribution in [2.75, 3.05) is 4.90 Å². The molecule has 0 unspecified atom stereocenters. The Balaban J connectivity index is 1.74. The maximum atomic E-state index is 13.6. The zero-order valence-electron chi connectivity index (χ0n) is 19.1. The Bertz CT molecular complexity index is 1370. The molecular formula is C26H26N2O3S2. The summed E-state index contributed by atoms with van der Waals surface area (Å²) in [5.74, 6) is -0.222. The van der Waals surface area contributed by atoms with Crippen LogP contribution < -0.4 is 4.90 Å². The summed E-state index contributed by atoms with van der Waals surface area (Å²) in [6.45, 7) is 7.77. The van der Waals surface area contributed by atoms with Gasteiger partial charge in [-0.2, -0.15) is 0 Å². The van der Waals surface area contributed by atoms with Gasteiger partial charge in [-0.1, -0.05) is 41.7 Å². The van der Waals surface area contributed by atoms with Gasteiger partial charge in [-0.25, -0.2) is 13.4 Å². The van der Waals surface area contributed by atoms with E-state index < -0.39 is 15.1 Å². The Hall–Kier alpha value is -3.03. The molecule has 0 saturated heterocycles. The van der Waals surface area contributed by atoms with Crippen LogP contribution in [0.4, 0.5) is 5.13 Å². The summed E-state index contributed by atoms with van der Waals surface area (Å²) in [6.07, 6.45) is 0. The summed E-state index contributed by atoms with van der Waals surface area (Å²) in [6, 6.07) is 20.1. The van der Waals surface area contributed by atoms with Crippen molar-refractivity contribution in [2.24, 2.45) is 0 Å². The topological polar surface area (TPSA) is 67.3 Å². The predicted molar refractivity (Wildman–Crippen MR) is 135 cm³/mol. The molecule has 33 heavy (non-hydrogen) atoms. The molecule has 0 aliphatic rings. The molecule has 170 valence electrons. The Labute approximate surface area is 198 Å². The van der Waals surface area contributed by atoms with Gasteiger partial charge in [0.15, 0.2) is 15.0 Å². The highest BCUT2D eigenvalue weighted by molar-refractivity contribution is 7.92. The Morgan fingerprint density at radius 3 is 2.24 bits per heavy atom. The lowest BCUT2D eigenvalue weighted by Gasteiger charge is -2.20. The molecule has 0 atom stereocenters. The van der Waals surface area contributed by atoms with Crippen molar-refractivity contribution in [1.29, 1.82) is 0 Å². The third-order valence-electron chi connectivity index (χ3n) is 5.70. The van der Waals surface area contributed by atoms with E-state index >= 15 is 0 Å². The molecule has 4 rings (SSSR count). The molecule has 5 nitrogen and oxygen atoms in total. The Morgan fingerprint density at radius 2 is 1.61 bits per heavy atom. The van der Waals surface area contributed by atoms with E-state index in [-0.39, 0.29) is 10.8 Å². The zero-order valence-corrected chi connectivity index (χ0v) is 20.7. The molecule has 0 spiro atoms. The molecule has 0 radical (unpaired) electrons. The lowest BCUT2D eigenvalue weighted by atomic mass is 10.1. The van der Waals surface area contributed by atoms with Crippen LogP contribution >= 0.6 is 11.3 Å². The van der Waals surface area contributed by atoms with E-state index in [9.17, 15) is 13.2 Å². The predicted octanol–water partition coefficient (Wildman–Crippen LogP) is 5.94. The zero-order chi connectivity index (χ0) is 23.8. The first kappa shape index (κ1) is 23.1. The van der Waals surface area contributed by atoms with Gasteiger partial charge in [-0.3, -0.25) is 9.69 Å². The highest BCUT2D eigenvalue weighted by Crippen LogP contribution is 2.32. The normalized spacial score (nSPS) is 11.8. The van der Waals surface area contributed by atoms with Gasteiger partial charge in [0.25, 0.3) is 5.91 Å². The number of thiazole rings is 1. The minimum Gasteiger partial charge on any atom is -0.279 e. The van der Waals surface area contributed by atoms with Gasteiger partial charge in [-0.05, 0) is 80.8 Å². The third-order valence-corrected chi connectivity index (χ3v) is 8.91. The van der Waals surface area contributed by atoms with Crippen LogP contribution in [0, 0.1) is 13.8 Å². The van der Waals surface area contributed by atoms with Crippen LogP contribution in [-0.2, 0) is 16.4 Å². The van der Waals surface area contributed by atoms with Gasteiger partial charge in [0.1, 0.15) is 0 Å². The molecule has 3 aromatic carbocycles. The van der Waals surface area contributed by atoms with Gasteiger partial charge >= 0.3 is 0 Å². The van der Waals surface area contributed by atoms with Crippen LogP contribution in [0.15, 0.2) is 71.6 Å². The fraction of sp³-hybridized carbons (Fsp3) is 0.231. The molecular weight excluding hydrogens is 452 g/mol. The van der Waals surface area contributed by atoms with Gasteiger partial charge in [-0.15, -0.1) is 0 Å². The van der Waals surface area contributed by atoms with Gasteiger partial charge in [0, 0.05) is 5.56 Å². The van der Waals surface area contributed by atoms with Crippen LogP contribution in [0.3, 0.4) is 0 Å². The fourth-order valence-electron chi connectivity index (χ4n) is 3.49. The van der Waals surface area contributed by atoms with Crippen LogP contribution in [-0.4, -0.2) is 24.6 Å². The number of sulfone groups is 1. The van der Waals surface area contributed by atoms with Gasteiger partial charge in [0.05, 0.1) is 26.9 Å². The molecule has 4 aromatic rings. The molecule has 0 bridgehead atoms. The van der Waals surface area contributed by atoms with Crippen LogP contribution in [0.1, 0.15) is 40.9 Å². The Morgan fingerprint density at radius 1 is 0.970 bits per heavy atom.